The topological polar surface area (TPSA) is 41.6 Å². The average Bonchev–Trinajstić information content (AvgIpc) is 2.46. The fourth-order valence-electron chi connectivity index (χ4n) is 2.24. The van der Waals surface area contributed by atoms with Gasteiger partial charge in [0.2, 0.25) is 0 Å². The summed E-state index contributed by atoms with van der Waals surface area (Å²) in [6.45, 7) is 6.58. The maximum absolute atomic E-state index is 6.01. The van der Waals surface area contributed by atoms with E-state index in [0.29, 0.717) is 12.5 Å². The number of benzene rings is 2. The van der Waals surface area contributed by atoms with Gasteiger partial charge >= 0.3 is 0 Å². The molecule has 2 N–H and O–H groups in total. The fraction of sp³-hybridized carbons (Fsp3) is 0.312. The molecule has 0 saturated carbocycles. The van der Waals surface area contributed by atoms with Crippen LogP contribution in [0.1, 0.15) is 19.4 Å². The highest BCUT2D eigenvalue weighted by Crippen LogP contribution is 2.19. The first-order valence-corrected chi connectivity index (χ1v) is 6.77. The molecule has 0 heterocycles. The van der Waals surface area contributed by atoms with Gasteiger partial charge in [0.15, 0.2) is 5.96 Å². The zero-order valence-electron chi connectivity index (χ0n) is 12.0. The van der Waals surface area contributed by atoms with E-state index in [1.807, 2.05) is 0 Å². The van der Waals surface area contributed by atoms with Crippen molar-refractivity contribution in [1.82, 2.24) is 4.90 Å². The summed E-state index contributed by atoms with van der Waals surface area (Å²) >= 11 is 0. The maximum atomic E-state index is 6.01. The highest BCUT2D eigenvalue weighted by molar-refractivity contribution is 14.0. The highest BCUT2D eigenvalue weighted by Gasteiger charge is 2.03. The summed E-state index contributed by atoms with van der Waals surface area (Å²) in [5, 5.41) is 2.50. The molecular weight excluding hydrogens is 361 g/mol. The van der Waals surface area contributed by atoms with Gasteiger partial charge in [0, 0.05) is 13.1 Å². The molecule has 0 radical (unpaired) electrons. The average molecular weight is 383 g/mol. The van der Waals surface area contributed by atoms with Gasteiger partial charge in [-0.1, -0.05) is 42.5 Å². The molecule has 108 valence electrons. The van der Waals surface area contributed by atoms with Crippen LogP contribution in [0.5, 0.6) is 0 Å². The summed E-state index contributed by atoms with van der Waals surface area (Å²) < 4.78 is 0. The number of aliphatic imine (C=N–C) groups is 1. The number of rotatable bonds is 4. The van der Waals surface area contributed by atoms with Crippen LogP contribution in [0.2, 0.25) is 0 Å². The molecule has 20 heavy (non-hydrogen) atoms. The van der Waals surface area contributed by atoms with Crippen LogP contribution in [0, 0.1) is 0 Å². The first-order chi connectivity index (χ1) is 9.26. The van der Waals surface area contributed by atoms with E-state index < -0.39 is 0 Å². The minimum Gasteiger partial charge on any atom is -0.370 e. The lowest BCUT2D eigenvalue weighted by Gasteiger charge is -2.19. The quantitative estimate of drug-likeness (QED) is 0.498. The molecule has 0 aliphatic heterocycles. The molecule has 2 aromatic carbocycles. The number of hydrogen-bond acceptors (Lipinski definition) is 1. The normalized spacial score (nSPS) is 11.2. The summed E-state index contributed by atoms with van der Waals surface area (Å²) in [6, 6.07) is 14.7. The molecule has 0 bridgehead atoms. The van der Waals surface area contributed by atoms with Crippen LogP contribution < -0.4 is 5.73 Å². The first kappa shape index (κ1) is 16.8. The van der Waals surface area contributed by atoms with Crippen LogP contribution in [0.3, 0.4) is 0 Å². The monoisotopic (exact) mass is 383 g/mol. The molecule has 0 aliphatic carbocycles. The summed E-state index contributed by atoms with van der Waals surface area (Å²) in [7, 11) is 0. The Bertz CT molecular complexity index is 571. The molecule has 0 spiro atoms. The Morgan fingerprint density at radius 1 is 1.05 bits per heavy atom. The molecule has 0 unspecified atom stereocenters. The molecular formula is C16H22IN3. The van der Waals surface area contributed by atoms with Crippen molar-refractivity contribution in [3.63, 3.8) is 0 Å². The van der Waals surface area contributed by atoms with Gasteiger partial charge in [-0.2, -0.15) is 0 Å². The first-order valence-electron chi connectivity index (χ1n) is 6.77. The van der Waals surface area contributed by atoms with Crippen LogP contribution in [-0.4, -0.2) is 23.9 Å². The van der Waals surface area contributed by atoms with Gasteiger partial charge < -0.3 is 10.6 Å². The summed E-state index contributed by atoms with van der Waals surface area (Å²) in [4.78, 5) is 6.57. The summed E-state index contributed by atoms with van der Waals surface area (Å²) in [5.74, 6) is 0.623. The van der Waals surface area contributed by atoms with Crippen LogP contribution in [0.4, 0.5) is 0 Å². The second-order valence-corrected chi connectivity index (χ2v) is 4.48. The predicted octanol–water partition coefficient (Wildman–Crippen LogP) is 3.61. The Labute approximate surface area is 137 Å². The van der Waals surface area contributed by atoms with Gasteiger partial charge in [-0.25, -0.2) is 4.99 Å². The molecule has 0 fully saturated rings. The van der Waals surface area contributed by atoms with E-state index in [1.165, 1.54) is 16.3 Å². The second-order valence-electron chi connectivity index (χ2n) is 4.48. The molecule has 3 nitrogen and oxygen atoms in total. The van der Waals surface area contributed by atoms with Crippen molar-refractivity contribution in [3.05, 3.63) is 48.0 Å². The zero-order chi connectivity index (χ0) is 13.7. The van der Waals surface area contributed by atoms with Crippen molar-refractivity contribution in [2.24, 2.45) is 10.7 Å². The molecule has 0 aromatic heterocycles. The molecule has 2 rings (SSSR count). The molecule has 0 aliphatic rings. The van der Waals surface area contributed by atoms with E-state index in [2.05, 4.69) is 66.2 Å². The zero-order valence-corrected chi connectivity index (χ0v) is 14.4. The number of halogens is 1. The Morgan fingerprint density at radius 3 is 2.40 bits per heavy atom. The molecule has 0 saturated heterocycles. The lowest BCUT2D eigenvalue weighted by molar-refractivity contribution is 0.458. The van der Waals surface area contributed by atoms with Crippen LogP contribution in [-0.2, 0) is 6.54 Å². The summed E-state index contributed by atoms with van der Waals surface area (Å²) in [5.41, 5.74) is 7.22. The number of guanidine groups is 1. The van der Waals surface area contributed by atoms with Crippen molar-refractivity contribution >= 4 is 40.7 Å². The van der Waals surface area contributed by atoms with Gasteiger partial charge in [0.1, 0.15) is 0 Å². The third kappa shape index (κ3) is 3.85. The third-order valence-electron chi connectivity index (χ3n) is 3.38. The lowest BCUT2D eigenvalue weighted by atomic mass is 10.1. The number of nitrogens with two attached hydrogens (primary N) is 1. The largest absolute Gasteiger partial charge is 0.370 e. The molecule has 4 heteroatoms. The minimum absolute atomic E-state index is 0. The lowest BCUT2D eigenvalue weighted by Crippen LogP contribution is -2.37. The smallest absolute Gasteiger partial charge is 0.191 e. The molecule has 2 aromatic rings. The minimum atomic E-state index is 0. The highest BCUT2D eigenvalue weighted by atomic mass is 127. The van der Waals surface area contributed by atoms with E-state index in [9.17, 15) is 0 Å². The van der Waals surface area contributed by atoms with Crippen molar-refractivity contribution < 1.29 is 0 Å². The van der Waals surface area contributed by atoms with Crippen molar-refractivity contribution in [2.45, 2.75) is 20.4 Å². The van der Waals surface area contributed by atoms with E-state index >= 15 is 0 Å². The number of fused-ring (bicyclic) bond motifs is 1. The molecule has 0 atom stereocenters. The Morgan fingerprint density at radius 2 is 1.70 bits per heavy atom. The van der Waals surface area contributed by atoms with Gasteiger partial charge in [-0.3, -0.25) is 0 Å². The Kier molecular flexibility index (Phi) is 6.78. The Hall–Kier alpha value is -1.30. The summed E-state index contributed by atoms with van der Waals surface area (Å²) in [6.07, 6.45) is 0. The van der Waals surface area contributed by atoms with Crippen molar-refractivity contribution in [3.8, 4) is 0 Å². The van der Waals surface area contributed by atoms with Crippen LogP contribution >= 0.6 is 24.0 Å². The van der Waals surface area contributed by atoms with Crippen LogP contribution in [0.15, 0.2) is 47.5 Å². The molecule has 0 amide bonds. The van der Waals surface area contributed by atoms with Crippen molar-refractivity contribution in [2.75, 3.05) is 13.1 Å². The SMILES string of the molecule is CCN(CC)C(N)=NCc1cccc2ccccc12.I. The third-order valence-corrected chi connectivity index (χ3v) is 3.38. The van der Waals surface area contributed by atoms with E-state index in [4.69, 9.17) is 5.73 Å². The van der Waals surface area contributed by atoms with Gasteiger partial charge in [0.25, 0.3) is 0 Å². The van der Waals surface area contributed by atoms with Gasteiger partial charge in [-0.15, -0.1) is 24.0 Å². The standard InChI is InChI=1S/C16H21N3.HI/c1-3-19(4-2)16(17)18-12-14-10-7-9-13-8-5-6-11-15(13)14;/h5-11H,3-4,12H2,1-2H3,(H2,17,18);1H. The fourth-order valence-corrected chi connectivity index (χ4v) is 2.24. The Balaban J connectivity index is 0.00000200. The maximum Gasteiger partial charge on any atom is 0.191 e. The van der Waals surface area contributed by atoms with E-state index in [1.54, 1.807) is 0 Å². The second kappa shape index (κ2) is 8.09. The number of hydrogen-bond donors (Lipinski definition) is 1. The van der Waals surface area contributed by atoms with Gasteiger partial charge in [-0.05, 0) is 30.2 Å². The van der Waals surface area contributed by atoms with E-state index in [0.717, 1.165) is 13.1 Å². The predicted molar refractivity (Wildman–Crippen MR) is 97.6 cm³/mol. The van der Waals surface area contributed by atoms with Crippen LogP contribution in [0.25, 0.3) is 10.8 Å². The van der Waals surface area contributed by atoms with E-state index in [-0.39, 0.29) is 24.0 Å². The number of nitrogens with zero attached hydrogens (tertiary/aromatic N) is 2. The van der Waals surface area contributed by atoms with Gasteiger partial charge in [0.05, 0.1) is 6.54 Å². The van der Waals surface area contributed by atoms with Crippen molar-refractivity contribution in [1.29, 1.82) is 0 Å².